The normalized spacial score (nSPS) is 28.6. The van der Waals surface area contributed by atoms with Crippen LogP contribution in [0.2, 0.25) is 0 Å². The number of esters is 1. The van der Waals surface area contributed by atoms with Crippen molar-refractivity contribution in [1.82, 2.24) is 4.98 Å². The van der Waals surface area contributed by atoms with Gasteiger partial charge in [-0.15, -0.1) is 0 Å². The van der Waals surface area contributed by atoms with Gasteiger partial charge in [-0.25, -0.2) is 9.78 Å². The van der Waals surface area contributed by atoms with Crippen molar-refractivity contribution >= 4 is 34.3 Å². The van der Waals surface area contributed by atoms with Gasteiger partial charge in [0.2, 0.25) is 5.91 Å². The zero-order chi connectivity index (χ0) is 16.7. The molecule has 3 heterocycles. The predicted octanol–water partition coefficient (Wildman–Crippen LogP) is 1.05. The van der Waals surface area contributed by atoms with Gasteiger partial charge in [-0.05, 0) is 19.8 Å². The van der Waals surface area contributed by atoms with Gasteiger partial charge in [-0.1, -0.05) is 11.3 Å². The Morgan fingerprint density at radius 3 is 2.57 bits per heavy atom. The molecule has 0 unspecified atom stereocenters. The summed E-state index contributed by atoms with van der Waals surface area (Å²) in [5, 5.41) is 12.2. The third-order valence-electron chi connectivity index (χ3n) is 4.26. The highest BCUT2D eigenvalue weighted by molar-refractivity contribution is 7.17. The maximum Gasteiger partial charge on any atom is 0.350 e. The number of aromatic nitrogens is 1. The molecular formula is C14H16N2O6S. The summed E-state index contributed by atoms with van der Waals surface area (Å²) in [5.74, 6) is -3.56. The zero-order valence-corrected chi connectivity index (χ0v) is 13.4. The second kappa shape index (κ2) is 5.89. The summed E-state index contributed by atoms with van der Waals surface area (Å²) in [6.45, 7) is 1.64. The minimum atomic E-state index is -1.03. The molecule has 1 amide bonds. The molecule has 2 N–H and O–H groups in total. The van der Waals surface area contributed by atoms with Gasteiger partial charge in [0.05, 0.1) is 36.8 Å². The maximum absolute atomic E-state index is 12.5. The van der Waals surface area contributed by atoms with E-state index in [-0.39, 0.29) is 11.2 Å². The average Bonchev–Trinajstić information content (AvgIpc) is 3.19. The first-order valence-corrected chi connectivity index (χ1v) is 7.99. The number of hydrogen-bond acceptors (Lipinski definition) is 7. The Labute approximate surface area is 135 Å². The third-order valence-corrected chi connectivity index (χ3v) is 5.31. The highest BCUT2D eigenvalue weighted by Crippen LogP contribution is 2.44. The summed E-state index contributed by atoms with van der Waals surface area (Å²) in [6.07, 6.45) is 0.560. The number of methoxy groups -OCH3 is 1. The Bertz CT molecular complexity index is 672. The molecule has 2 aliphatic rings. The lowest BCUT2D eigenvalue weighted by molar-refractivity contribution is -0.147. The van der Waals surface area contributed by atoms with Crippen molar-refractivity contribution in [3.8, 4) is 0 Å². The van der Waals surface area contributed by atoms with Crippen LogP contribution in [-0.2, 0) is 19.1 Å². The van der Waals surface area contributed by atoms with E-state index >= 15 is 0 Å². The van der Waals surface area contributed by atoms with Gasteiger partial charge in [-0.2, -0.15) is 0 Å². The Morgan fingerprint density at radius 2 is 1.96 bits per heavy atom. The number of anilines is 1. The smallest absolute Gasteiger partial charge is 0.350 e. The molecular weight excluding hydrogens is 324 g/mol. The van der Waals surface area contributed by atoms with Crippen molar-refractivity contribution in [3.63, 3.8) is 0 Å². The molecule has 0 radical (unpaired) electrons. The Kier molecular flexibility index (Phi) is 4.07. The second-order valence-electron chi connectivity index (χ2n) is 5.59. The Hall–Kier alpha value is -2.00. The van der Waals surface area contributed by atoms with Crippen LogP contribution >= 0.6 is 11.3 Å². The molecule has 2 saturated heterocycles. The van der Waals surface area contributed by atoms with E-state index in [0.29, 0.717) is 23.4 Å². The lowest BCUT2D eigenvalue weighted by Gasteiger charge is -2.23. The number of hydrogen-bond donors (Lipinski definition) is 2. The van der Waals surface area contributed by atoms with Crippen LogP contribution in [0.5, 0.6) is 0 Å². The van der Waals surface area contributed by atoms with Crippen LogP contribution < -0.4 is 5.32 Å². The number of rotatable bonds is 4. The molecule has 0 spiro atoms. The van der Waals surface area contributed by atoms with Gasteiger partial charge < -0.3 is 19.9 Å². The molecule has 2 fully saturated rings. The van der Waals surface area contributed by atoms with Gasteiger partial charge in [0.15, 0.2) is 5.13 Å². The molecule has 9 heteroatoms. The number of carboxylic acids is 1. The number of thiazole rings is 1. The number of carbonyl (C=O) groups excluding carboxylic acids is 2. The first-order valence-electron chi connectivity index (χ1n) is 7.17. The van der Waals surface area contributed by atoms with Crippen LogP contribution in [0, 0.1) is 18.8 Å². The van der Waals surface area contributed by atoms with Crippen molar-refractivity contribution in [1.29, 1.82) is 0 Å². The minimum absolute atomic E-state index is 0.250. The quantitative estimate of drug-likeness (QED) is 0.787. The summed E-state index contributed by atoms with van der Waals surface area (Å²) in [5.41, 5.74) is 0.455. The summed E-state index contributed by atoms with van der Waals surface area (Å²) in [4.78, 5) is 39.9. The molecule has 1 aromatic rings. The fourth-order valence-corrected chi connectivity index (χ4v) is 4.13. The summed E-state index contributed by atoms with van der Waals surface area (Å²) in [6, 6.07) is 0. The van der Waals surface area contributed by atoms with Crippen LogP contribution in [0.25, 0.3) is 0 Å². The van der Waals surface area contributed by atoms with Crippen molar-refractivity contribution in [3.05, 3.63) is 10.6 Å². The second-order valence-corrected chi connectivity index (χ2v) is 6.59. The molecule has 8 nitrogen and oxygen atoms in total. The van der Waals surface area contributed by atoms with Crippen LogP contribution in [0.4, 0.5) is 5.13 Å². The monoisotopic (exact) mass is 340 g/mol. The number of carboxylic acid groups (broad SMARTS) is 1. The molecule has 23 heavy (non-hydrogen) atoms. The fourth-order valence-electron chi connectivity index (χ4n) is 3.25. The summed E-state index contributed by atoms with van der Waals surface area (Å²) >= 11 is 1.00. The molecule has 4 atom stereocenters. The first kappa shape index (κ1) is 15.9. The van der Waals surface area contributed by atoms with E-state index in [1.54, 1.807) is 6.92 Å². The molecule has 1 aromatic heterocycles. The standard InChI is InChI=1S/C14H16N2O6S/c1-5-10(13(20)21-2)23-14(15-5)16-11(17)8-6-3-4-7(22-6)9(8)12(18)19/h6-9H,3-4H2,1-2H3,(H,18,19)(H,15,16,17)/t6-,7+,8-,9+/m1/s1. The average molecular weight is 340 g/mol. The summed E-state index contributed by atoms with van der Waals surface area (Å²) in [7, 11) is 1.27. The van der Waals surface area contributed by atoms with Gasteiger partial charge >= 0.3 is 11.9 Å². The van der Waals surface area contributed by atoms with Crippen molar-refractivity contribution in [2.45, 2.75) is 32.0 Å². The van der Waals surface area contributed by atoms with Crippen molar-refractivity contribution < 1.29 is 29.0 Å². The zero-order valence-electron chi connectivity index (χ0n) is 12.6. The topological polar surface area (TPSA) is 115 Å². The van der Waals surface area contributed by atoms with Crippen LogP contribution in [0.15, 0.2) is 0 Å². The van der Waals surface area contributed by atoms with Gasteiger partial charge in [0.25, 0.3) is 0 Å². The number of ether oxygens (including phenoxy) is 2. The van der Waals surface area contributed by atoms with E-state index in [1.807, 2.05) is 0 Å². The number of aryl methyl sites for hydroxylation is 1. The number of carbonyl (C=O) groups is 3. The van der Waals surface area contributed by atoms with Crippen LogP contribution in [0.1, 0.15) is 28.2 Å². The Morgan fingerprint density at radius 1 is 1.30 bits per heavy atom. The molecule has 124 valence electrons. The molecule has 3 rings (SSSR count). The number of nitrogens with one attached hydrogen (secondary N) is 1. The number of aliphatic carboxylic acids is 1. The summed E-state index contributed by atoms with van der Waals surface area (Å²) < 4.78 is 10.2. The first-order chi connectivity index (χ1) is 10.9. The maximum atomic E-state index is 12.5. The molecule has 0 aromatic carbocycles. The fraction of sp³-hybridized carbons (Fsp3) is 0.571. The predicted molar refractivity (Wildman–Crippen MR) is 79.3 cm³/mol. The number of fused-ring (bicyclic) bond motifs is 2. The largest absolute Gasteiger partial charge is 0.481 e. The van der Waals surface area contributed by atoms with Gasteiger partial charge in [0.1, 0.15) is 4.88 Å². The van der Waals surface area contributed by atoms with Crippen LogP contribution in [0.3, 0.4) is 0 Å². The van der Waals surface area contributed by atoms with Crippen LogP contribution in [-0.4, -0.2) is 47.3 Å². The van der Waals surface area contributed by atoms with E-state index in [4.69, 9.17) is 4.74 Å². The number of nitrogens with zero attached hydrogens (tertiary/aromatic N) is 1. The minimum Gasteiger partial charge on any atom is -0.481 e. The van der Waals surface area contributed by atoms with E-state index in [1.165, 1.54) is 7.11 Å². The van der Waals surface area contributed by atoms with Crippen molar-refractivity contribution in [2.24, 2.45) is 11.8 Å². The lowest BCUT2D eigenvalue weighted by Crippen LogP contribution is -2.40. The van der Waals surface area contributed by atoms with E-state index in [0.717, 1.165) is 11.3 Å². The van der Waals surface area contributed by atoms with Crippen molar-refractivity contribution in [2.75, 3.05) is 12.4 Å². The SMILES string of the molecule is COC(=O)c1sc(NC(=O)[C@H]2[C@@H](C(=O)O)[C@@H]3CC[C@H]2O3)nc1C. The van der Waals surface area contributed by atoms with Gasteiger partial charge in [-0.3, -0.25) is 9.59 Å². The Balaban J connectivity index is 1.77. The molecule has 2 aliphatic heterocycles. The third kappa shape index (κ3) is 2.70. The highest BCUT2D eigenvalue weighted by atomic mass is 32.1. The lowest BCUT2D eigenvalue weighted by atomic mass is 9.79. The number of amides is 1. The molecule has 2 bridgehead atoms. The van der Waals surface area contributed by atoms with E-state index in [9.17, 15) is 19.5 Å². The van der Waals surface area contributed by atoms with E-state index < -0.39 is 35.8 Å². The van der Waals surface area contributed by atoms with E-state index in [2.05, 4.69) is 15.0 Å². The molecule has 0 aliphatic carbocycles. The highest BCUT2D eigenvalue weighted by Gasteiger charge is 2.55. The van der Waals surface area contributed by atoms with Gasteiger partial charge in [0, 0.05) is 0 Å². The molecule has 0 saturated carbocycles.